The predicted octanol–water partition coefficient (Wildman–Crippen LogP) is 3.65. The van der Waals surface area contributed by atoms with Gasteiger partial charge in [0.2, 0.25) is 0 Å². The summed E-state index contributed by atoms with van der Waals surface area (Å²) < 4.78 is 12.1. The highest BCUT2D eigenvalue weighted by molar-refractivity contribution is 5.78. The number of rotatable bonds is 17. The van der Waals surface area contributed by atoms with Crippen LogP contribution in [-0.4, -0.2) is 61.4 Å². The van der Waals surface area contributed by atoms with E-state index in [1.807, 2.05) is 86.6 Å². The van der Waals surface area contributed by atoms with Crippen molar-refractivity contribution < 1.29 is 29.3 Å². The standard InChI is InChI=1S/C38H46N4O6/c1-3-26-9-5-10-27(35(26)45)21-31-14-7-15-32(38(31)48-24-34(44)42-19-17-40)22-29-12-6-11-28(36(29)46)20-30-13-4-8-25(2)37(30)47-23-33(43)41-18-16-39/h4-15,45-46H,3,16-24,39-40H2,1-2H3,(H,41,43)(H,42,44). The van der Waals surface area contributed by atoms with E-state index in [0.717, 1.165) is 33.4 Å². The molecule has 0 unspecified atom stereocenters. The van der Waals surface area contributed by atoms with Crippen molar-refractivity contribution in [2.75, 3.05) is 39.4 Å². The Morgan fingerprint density at radius 1 is 0.604 bits per heavy atom. The quantitative estimate of drug-likeness (QED) is 0.100. The van der Waals surface area contributed by atoms with Crippen molar-refractivity contribution >= 4 is 11.8 Å². The minimum atomic E-state index is -0.296. The third-order valence-electron chi connectivity index (χ3n) is 8.03. The highest BCUT2D eigenvalue weighted by Crippen LogP contribution is 2.35. The van der Waals surface area contributed by atoms with Crippen LogP contribution in [0.1, 0.15) is 51.4 Å². The summed E-state index contributed by atoms with van der Waals surface area (Å²) in [6.45, 7) is 4.91. The van der Waals surface area contributed by atoms with E-state index in [9.17, 15) is 19.8 Å². The van der Waals surface area contributed by atoms with Crippen molar-refractivity contribution in [2.45, 2.75) is 39.5 Å². The maximum atomic E-state index is 12.5. The number of benzene rings is 4. The van der Waals surface area contributed by atoms with Gasteiger partial charge < -0.3 is 41.8 Å². The van der Waals surface area contributed by atoms with Crippen LogP contribution in [0.15, 0.2) is 72.8 Å². The number of hydrogen-bond donors (Lipinski definition) is 6. The molecule has 10 heteroatoms. The Morgan fingerprint density at radius 3 is 1.44 bits per heavy atom. The van der Waals surface area contributed by atoms with E-state index in [2.05, 4.69) is 10.6 Å². The van der Waals surface area contributed by atoms with Crippen molar-refractivity contribution in [3.8, 4) is 23.0 Å². The zero-order chi connectivity index (χ0) is 34.5. The van der Waals surface area contributed by atoms with Gasteiger partial charge in [-0.15, -0.1) is 0 Å². The number of phenolic OH excluding ortho intramolecular Hbond substituents is 2. The van der Waals surface area contributed by atoms with Crippen LogP contribution >= 0.6 is 0 Å². The molecule has 10 nitrogen and oxygen atoms in total. The fourth-order valence-corrected chi connectivity index (χ4v) is 5.58. The van der Waals surface area contributed by atoms with Crippen LogP contribution in [0.5, 0.6) is 23.0 Å². The Bertz CT molecular complexity index is 1710. The zero-order valence-electron chi connectivity index (χ0n) is 27.7. The molecular weight excluding hydrogens is 608 g/mol. The number of ether oxygens (including phenoxy) is 2. The SMILES string of the molecule is CCc1cccc(Cc2cccc(Cc3cccc(Cc4cccc(C)c4OCC(=O)NCCN)c3O)c2OCC(=O)NCCN)c1O. The van der Waals surface area contributed by atoms with Gasteiger partial charge in [0.05, 0.1) is 0 Å². The van der Waals surface area contributed by atoms with E-state index < -0.39 is 0 Å². The average molecular weight is 655 g/mol. The van der Waals surface area contributed by atoms with Gasteiger partial charge in [-0.1, -0.05) is 79.7 Å². The third-order valence-corrected chi connectivity index (χ3v) is 8.03. The van der Waals surface area contributed by atoms with Crippen LogP contribution in [-0.2, 0) is 35.3 Å². The first-order chi connectivity index (χ1) is 23.2. The number of nitrogens with one attached hydrogen (secondary N) is 2. The molecule has 4 aromatic carbocycles. The first kappa shape index (κ1) is 35.8. The van der Waals surface area contributed by atoms with E-state index in [4.69, 9.17) is 20.9 Å². The number of hydrogen-bond acceptors (Lipinski definition) is 8. The fourth-order valence-electron chi connectivity index (χ4n) is 5.58. The van der Waals surface area contributed by atoms with Crippen LogP contribution in [0.25, 0.3) is 0 Å². The lowest BCUT2D eigenvalue weighted by Crippen LogP contribution is -2.33. The number of amides is 2. The molecule has 0 aliphatic rings. The molecule has 0 atom stereocenters. The largest absolute Gasteiger partial charge is 0.507 e. The summed E-state index contributed by atoms with van der Waals surface area (Å²) in [7, 11) is 0. The highest BCUT2D eigenvalue weighted by Gasteiger charge is 2.18. The van der Waals surface area contributed by atoms with Crippen molar-refractivity contribution in [3.05, 3.63) is 117 Å². The second-order valence-corrected chi connectivity index (χ2v) is 11.6. The van der Waals surface area contributed by atoms with E-state index in [1.165, 1.54) is 0 Å². The summed E-state index contributed by atoms with van der Waals surface area (Å²) in [5.41, 5.74) is 17.3. The lowest BCUT2D eigenvalue weighted by molar-refractivity contribution is -0.123. The number of aryl methyl sites for hydroxylation is 2. The number of carbonyl (C=O) groups excluding carboxylic acids is 2. The van der Waals surface area contributed by atoms with Crippen molar-refractivity contribution in [3.63, 3.8) is 0 Å². The molecule has 0 bridgehead atoms. The lowest BCUT2D eigenvalue weighted by Gasteiger charge is -2.18. The molecule has 8 N–H and O–H groups in total. The van der Waals surface area contributed by atoms with E-state index >= 15 is 0 Å². The summed E-state index contributed by atoms with van der Waals surface area (Å²) >= 11 is 0. The normalized spacial score (nSPS) is 10.8. The second kappa shape index (κ2) is 17.7. The molecule has 4 aromatic rings. The summed E-state index contributed by atoms with van der Waals surface area (Å²) in [4.78, 5) is 24.7. The highest BCUT2D eigenvalue weighted by atomic mass is 16.5. The van der Waals surface area contributed by atoms with Crippen LogP contribution in [0.4, 0.5) is 0 Å². The molecule has 0 saturated carbocycles. The molecule has 0 saturated heterocycles. The maximum Gasteiger partial charge on any atom is 0.257 e. The molecule has 4 rings (SSSR count). The number of carbonyl (C=O) groups is 2. The Labute approximate surface area is 282 Å². The fraction of sp³-hybridized carbons (Fsp3) is 0.316. The minimum absolute atomic E-state index is 0.135. The number of aromatic hydroxyl groups is 2. The van der Waals surface area contributed by atoms with Gasteiger partial charge in [-0.05, 0) is 57.9 Å². The molecule has 0 fully saturated rings. The summed E-state index contributed by atoms with van der Waals surface area (Å²) in [6, 6.07) is 22.8. The van der Waals surface area contributed by atoms with Gasteiger partial charge in [0, 0.05) is 45.4 Å². The molecule has 48 heavy (non-hydrogen) atoms. The molecule has 0 heterocycles. The second-order valence-electron chi connectivity index (χ2n) is 11.6. The Morgan fingerprint density at radius 2 is 0.979 bits per heavy atom. The summed E-state index contributed by atoms with van der Waals surface area (Å²) in [5, 5.41) is 27.9. The monoisotopic (exact) mass is 654 g/mol. The van der Waals surface area contributed by atoms with Crippen molar-refractivity contribution in [1.29, 1.82) is 0 Å². The van der Waals surface area contributed by atoms with Crippen LogP contribution < -0.4 is 31.6 Å². The Balaban J connectivity index is 1.63. The number of para-hydroxylation sites is 4. The molecule has 0 aliphatic carbocycles. The van der Waals surface area contributed by atoms with E-state index in [0.29, 0.717) is 74.5 Å². The summed E-state index contributed by atoms with van der Waals surface area (Å²) in [5.74, 6) is 0.944. The first-order valence-corrected chi connectivity index (χ1v) is 16.2. The molecule has 254 valence electrons. The van der Waals surface area contributed by atoms with Crippen LogP contribution in [0.3, 0.4) is 0 Å². The molecule has 0 radical (unpaired) electrons. The van der Waals surface area contributed by atoms with Crippen molar-refractivity contribution in [1.82, 2.24) is 10.6 Å². The topological polar surface area (TPSA) is 169 Å². The van der Waals surface area contributed by atoms with Gasteiger partial charge in [-0.3, -0.25) is 9.59 Å². The molecule has 2 amide bonds. The molecule has 0 aliphatic heterocycles. The molecule has 0 spiro atoms. The van der Waals surface area contributed by atoms with Gasteiger partial charge in [-0.2, -0.15) is 0 Å². The Kier molecular flexibility index (Phi) is 13.2. The van der Waals surface area contributed by atoms with Crippen molar-refractivity contribution in [2.24, 2.45) is 11.5 Å². The predicted molar refractivity (Wildman–Crippen MR) is 187 cm³/mol. The van der Waals surface area contributed by atoms with E-state index in [1.54, 1.807) is 0 Å². The minimum Gasteiger partial charge on any atom is -0.507 e. The van der Waals surface area contributed by atoms with Gasteiger partial charge in [0.25, 0.3) is 11.8 Å². The van der Waals surface area contributed by atoms with Crippen LogP contribution in [0.2, 0.25) is 0 Å². The van der Waals surface area contributed by atoms with Gasteiger partial charge in [-0.25, -0.2) is 0 Å². The van der Waals surface area contributed by atoms with E-state index in [-0.39, 0.29) is 36.5 Å². The first-order valence-electron chi connectivity index (χ1n) is 16.2. The van der Waals surface area contributed by atoms with Gasteiger partial charge in [0.1, 0.15) is 23.0 Å². The third kappa shape index (κ3) is 9.49. The van der Waals surface area contributed by atoms with Gasteiger partial charge >= 0.3 is 0 Å². The zero-order valence-corrected chi connectivity index (χ0v) is 27.7. The van der Waals surface area contributed by atoms with Gasteiger partial charge in [0.15, 0.2) is 13.2 Å². The smallest absolute Gasteiger partial charge is 0.257 e. The Hall–Kier alpha value is -5.06. The lowest BCUT2D eigenvalue weighted by atomic mass is 9.94. The molecular formula is C38H46N4O6. The molecule has 0 aromatic heterocycles. The average Bonchev–Trinajstić information content (AvgIpc) is 3.08. The van der Waals surface area contributed by atoms with Crippen LogP contribution in [0, 0.1) is 6.92 Å². The number of nitrogens with two attached hydrogens (primary N) is 2. The maximum absolute atomic E-state index is 12.5. The summed E-state index contributed by atoms with van der Waals surface area (Å²) in [6.07, 6.45) is 1.78. The number of phenols is 2.